The van der Waals surface area contributed by atoms with Crippen LogP contribution in [0.3, 0.4) is 0 Å². The van der Waals surface area contributed by atoms with Gasteiger partial charge in [-0.25, -0.2) is 0 Å². The lowest BCUT2D eigenvalue weighted by Crippen LogP contribution is -2.37. The molecule has 0 atom stereocenters. The molecule has 0 aromatic carbocycles. The third kappa shape index (κ3) is 4.21. The standard InChI is InChI=1S/C11H15F3N4O2S/c12-11(13,14)5-18(3-4-19)10-7(8(15)17-21-10)9(20)16-6-1-2-6/h6,19H,1-5H2,(H2,15,17)(H,16,20). The molecule has 1 saturated carbocycles. The zero-order valence-electron chi connectivity index (χ0n) is 11.0. The quantitative estimate of drug-likeness (QED) is 0.725. The summed E-state index contributed by atoms with van der Waals surface area (Å²) in [5.41, 5.74) is 5.55. The number of aromatic nitrogens is 1. The van der Waals surface area contributed by atoms with E-state index in [4.69, 9.17) is 10.8 Å². The number of carbonyl (C=O) groups is 1. The fourth-order valence-corrected chi connectivity index (χ4v) is 2.63. The lowest BCUT2D eigenvalue weighted by molar-refractivity contribution is -0.119. The predicted octanol–water partition coefficient (Wildman–Crippen LogP) is 0.978. The Morgan fingerprint density at radius 2 is 2.19 bits per heavy atom. The van der Waals surface area contributed by atoms with Crippen molar-refractivity contribution in [1.29, 1.82) is 0 Å². The second kappa shape index (κ2) is 6.06. The van der Waals surface area contributed by atoms with E-state index in [-0.39, 0.29) is 29.0 Å². The van der Waals surface area contributed by atoms with Gasteiger partial charge in [0.1, 0.15) is 17.1 Å². The van der Waals surface area contributed by atoms with Crippen LogP contribution in [0.1, 0.15) is 23.2 Å². The van der Waals surface area contributed by atoms with Crippen LogP contribution >= 0.6 is 11.5 Å². The van der Waals surface area contributed by atoms with Gasteiger partial charge in [0.2, 0.25) is 0 Å². The minimum atomic E-state index is -4.46. The molecule has 1 fully saturated rings. The normalized spacial score (nSPS) is 15.0. The van der Waals surface area contributed by atoms with Crippen molar-refractivity contribution in [3.05, 3.63) is 5.56 Å². The summed E-state index contributed by atoms with van der Waals surface area (Å²) < 4.78 is 41.6. The van der Waals surface area contributed by atoms with Gasteiger partial charge in [-0.05, 0) is 24.4 Å². The molecule has 118 valence electrons. The summed E-state index contributed by atoms with van der Waals surface area (Å²) in [5.74, 6) is -0.623. The Kier molecular flexibility index (Phi) is 4.57. The van der Waals surface area contributed by atoms with Crippen LogP contribution in [-0.2, 0) is 0 Å². The van der Waals surface area contributed by atoms with Gasteiger partial charge in [0.25, 0.3) is 5.91 Å². The van der Waals surface area contributed by atoms with Crippen molar-refractivity contribution in [2.45, 2.75) is 25.1 Å². The van der Waals surface area contributed by atoms with Gasteiger partial charge in [-0.3, -0.25) is 4.79 Å². The van der Waals surface area contributed by atoms with E-state index < -0.39 is 25.2 Å². The number of halogens is 3. The summed E-state index contributed by atoms with van der Waals surface area (Å²) in [5, 5.41) is 11.6. The first-order valence-electron chi connectivity index (χ1n) is 6.30. The Hall–Kier alpha value is -1.55. The van der Waals surface area contributed by atoms with Crippen LogP contribution in [-0.4, -0.2) is 47.3 Å². The zero-order valence-corrected chi connectivity index (χ0v) is 11.8. The number of hydrogen-bond acceptors (Lipinski definition) is 6. The topological polar surface area (TPSA) is 91.5 Å². The molecular formula is C11H15F3N4O2S. The highest BCUT2D eigenvalue weighted by Gasteiger charge is 2.35. The van der Waals surface area contributed by atoms with Gasteiger partial charge in [0.05, 0.1) is 6.61 Å². The monoisotopic (exact) mass is 324 g/mol. The molecule has 0 spiro atoms. The minimum Gasteiger partial charge on any atom is -0.395 e. The smallest absolute Gasteiger partial charge is 0.395 e. The number of amides is 1. The Balaban J connectivity index is 2.24. The average Bonchev–Trinajstić information content (AvgIpc) is 3.07. The number of nitrogen functional groups attached to an aromatic ring is 1. The first kappa shape index (κ1) is 15.8. The Morgan fingerprint density at radius 1 is 1.52 bits per heavy atom. The molecule has 6 nitrogen and oxygen atoms in total. The number of aliphatic hydroxyl groups excluding tert-OH is 1. The number of nitrogens with zero attached hydrogens (tertiary/aromatic N) is 2. The number of hydrogen-bond donors (Lipinski definition) is 3. The van der Waals surface area contributed by atoms with Gasteiger partial charge in [0, 0.05) is 12.6 Å². The fourth-order valence-electron chi connectivity index (χ4n) is 1.80. The third-order valence-corrected chi connectivity index (χ3v) is 3.79. The first-order chi connectivity index (χ1) is 9.81. The maximum absolute atomic E-state index is 12.6. The zero-order chi connectivity index (χ0) is 15.6. The van der Waals surface area contributed by atoms with Crippen LogP contribution in [0.15, 0.2) is 0 Å². The number of aliphatic hydroxyl groups is 1. The molecule has 0 aliphatic heterocycles. The van der Waals surface area contributed by atoms with E-state index in [0.29, 0.717) is 0 Å². The molecule has 1 aliphatic rings. The highest BCUT2D eigenvalue weighted by Crippen LogP contribution is 2.33. The molecular weight excluding hydrogens is 309 g/mol. The van der Waals surface area contributed by atoms with Crippen molar-refractivity contribution in [1.82, 2.24) is 9.69 Å². The molecule has 0 bridgehead atoms. The van der Waals surface area contributed by atoms with Crippen molar-refractivity contribution in [3.63, 3.8) is 0 Å². The Bertz CT molecular complexity index is 516. The van der Waals surface area contributed by atoms with Crippen LogP contribution < -0.4 is 16.0 Å². The van der Waals surface area contributed by atoms with E-state index in [1.54, 1.807) is 0 Å². The summed E-state index contributed by atoms with van der Waals surface area (Å²) in [6.45, 7) is -2.01. The average molecular weight is 324 g/mol. The molecule has 1 heterocycles. The van der Waals surface area contributed by atoms with E-state index in [1.807, 2.05) is 0 Å². The maximum Gasteiger partial charge on any atom is 0.405 e. The number of nitrogens with one attached hydrogen (secondary N) is 1. The molecule has 0 saturated heterocycles. The molecule has 21 heavy (non-hydrogen) atoms. The van der Waals surface area contributed by atoms with Crippen molar-refractivity contribution < 1.29 is 23.1 Å². The van der Waals surface area contributed by atoms with Crippen LogP contribution in [0.2, 0.25) is 0 Å². The van der Waals surface area contributed by atoms with Gasteiger partial charge >= 0.3 is 6.18 Å². The van der Waals surface area contributed by atoms with Crippen LogP contribution in [0.5, 0.6) is 0 Å². The molecule has 1 aliphatic carbocycles. The van der Waals surface area contributed by atoms with Gasteiger partial charge in [-0.2, -0.15) is 17.5 Å². The maximum atomic E-state index is 12.6. The van der Waals surface area contributed by atoms with Crippen LogP contribution in [0, 0.1) is 0 Å². The minimum absolute atomic E-state index is 0.0250. The van der Waals surface area contributed by atoms with Gasteiger partial charge in [-0.1, -0.05) is 0 Å². The van der Waals surface area contributed by atoms with Crippen LogP contribution in [0.4, 0.5) is 24.0 Å². The molecule has 1 aromatic heterocycles. The van der Waals surface area contributed by atoms with Gasteiger partial charge in [-0.15, -0.1) is 0 Å². The lowest BCUT2D eigenvalue weighted by atomic mass is 10.2. The summed E-state index contributed by atoms with van der Waals surface area (Å²) in [6, 6.07) is 0.0542. The van der Waals surface area contributed by atoms with Crippen molar-refractivity contribution in [2.24, 2.45) is 0 Å². The van der Waals surface area contributed by atoms with E-state index in [2.05, 4.69) is 9.69 Å². The number of alkyl halides is 3. The molecule has 0 unspecified atom stereocenters. The largest absolute Gasteiger partial charge is 0.405 e. The molecule has 0 radical (unpaired) electrons. The van der Waals surface area contributed by atoms with Crippen molar-refractivity contribution >= 4 is 28.3 Å². The lowest BCUT2D eigenvalue weighted by Gasteiger charge is -2.24. The van der Waals surface area contributed by atoms with E-state index in [1.165, 1.54) is 0 Å². The summed E-state index contributed by atoms with van der Waals surface area (Å²) in [6.07, 6.45) is -2.76. The number of carbonyl (C=O) groups excluding carboxylic acids is 1. The van der Waals surface area contributed by atoms with Crippen LogP contribution in [0.25, 0.3) is 0 Å². The predicted molar refractivity (Wildman–Crippen MR) is 72.4 cm³/mol. The van der Waals surface area contributed by atoms with Crippen molar-refractivity contribution in [2.75, 3.05) is 30.3 Å². The number of rotatable bonds is 6. The highest BCUT2D eigenvalue weighted by atomic mass is 32.1. The van der Waals surface area contributed by atoms with Crippen molar-refractivity contribution in [3.8, 4) is 0 Å². The summed E-state index contributed by atoms with van der Waals surface area (Å²) in [4.78, 5) is 12.9. The molecule has 4 N–H and O–H groups in total. The molecule has 1 aromatic rings. The molecule has 10 heteroatoms. The highest BCUT2D eigenvalue weighted by molar-refractivity contribution is 7.11. The number of nitrogens with two attached hydrogens (primary N) is 1. The Labute approximate surface area is 122 Å². The van der Waals surface area contributed by atoms with E-state index >= 15 is 0 Å². The third-order valence-electron chi connectivity index (χ3n) is 2.87. The molecule has 2 rings (SSSR count). The SMILES string of the molecule is Nc1nsc(N(CCO)CC(F)(F)F)c1C(=O)NC1CC1. The Morgan fingerprint density at radius 3 is 2.71 bits per heavy atom. The summed E-state index contributed by atoms with van der Waals surface area (Å²) >= 11 is 0.720. The second-order valence-corrected chi connectivity index (χ2v) is 5.51. The number of anilines is 2. The molecule has 1 amide bonds. The van der Waals surface area contributed by atoms with Gasteiger partial charge in [0.15, 0.2) is 5.82 Å². The summed E-state index contributed by atoms with van der Waals surface area (Å²) in [7, 11) is 0. The second-order valence-electron chi connectivity index (χ2n) is 4.76. The first-order valence-corrected chi connectivity index (χ1v) is 7.07. The fraction of sp³-hybridized carbons (Fsp3) is 0.636. The van der Waals surface area contributed by atoms with E-state index in [0.717, 1.165) is 29.3 Å². The van der Waals surface area contributed by atoms with Gasteiger partial charge < -0.3 is 21.1 Å². The van der Waals surface area contributed by atoms with E-state index in [9.17, 15) is 18.0 Å².